The van der Waals surface area contributed by atoms with Gasteiger partial charge in [0.25, 0.3) is 0 Å². The Kier molecular flexibility index (Phi) is 5.02. The lowest BCUT2D eigenvalue weighted by atomic mass is 10.2. The smallest absolute Gasteiger partial charge is 0.168 e. The standard InChI is InChI=1S/C16H20ClN3O/c1-11(2)16-18-10-15(14(9-17)19-16)21-13-7-5-6-12(8-13)20(3)4/h5-8,10-11H,9H2,1-4H3. The van der Waals surface area contributed by atoms with Gasteiger partial charge in [0, 0.05) is 31.8 Å². The molecule has 0 bridgehead atoms. The summed E-state index contributed by atoms with van der Waals surface area (Å²) in [6.45, 7) is 4.10. The predicted octanol–water partition coefficient (Wildman–Crippen LogP) is 4.20. The van der Waals surface area contributed by atoms with Crippen molar-refractivity contribution < 1.29 is 4.74 Å². The summed E-state index contributed by atoms with van der Waals surface area (Å²) in [5.41, 5.74) is 1.78. The SMILES string of the molecule is CC(C)c1ncc(Oc2cccc(N(C)C)c2)c(CCl)n1. The molecule has 4 nitrogen and oxygen atoms in total. The van der Waals surface area contributed by atoms with Gasteiger partial charge >= 0.3 is 0 Å². The summed E-state index contributed by atoms with van der Waals surface area (Å²) in [5, 5.41) is 0. The van der Waals surface area contributed by atoms with Crippen LogP contribution in [0.15, 0.2) is 30.5 Å². The van der Waals surface area contributed by atoms with Crippen molar-refractivity contribution in [3.63, 3.8) is 0 Å². The van der Waals surface area contributed by atoms with Crippen LogP contribution >= 0.6 is 11.6 Å². The summed E-state index contributed by atoms with van der Waals surface area (Å²) in [5.74, 6) is 2.68. The first-order valence-electron chi connectivity index (χ1n) is 6.88. The van der Waals surface area contributed by atoms with Crippen molar-refractivity contribution in [3.05, 3.63) is 42.0 Å². The van der Waals surface area contributed by atoms with Crippen LogP contribution in [0, 0.1) is 0 Å². The zero-order valence-corrected chi connectivity index (χ0v) is 13.6. The van der Waals surface area contributed by atoms with Gasteiger partial charge < -0.3 is 9.64 Å². The van der Waals surface area contributed by atoms with Crippen molar-refractivity contribution >= 4 is 17.3 Å². The summed E-state index contributed by atoms with van der Waals surface area (Å²) in [4.78, 5) is 10.8. The van der Waals surface area contributed by atoms with E-state index >= 15 is 0 Å². The van der Waals surface area contributed by atoms with Crippen molar-refractivity contribution in [3.8, 4) is 11.5 Å². The Bertz CT molecular complexity index is 614. The lowest BCUT2D eigenvalue weighted by Gasteiger charge is -2.15. The number of ether oxygens (including phenoxy) is 1. The van der Waals surface area contributed by atoms with E-state index in [2.05, 4.69) is 23.8 Å². The molecule has 1 heterocycles. The Hall–Kier alpha value is -1.81. The van der Waals surface area contributed by atoms with Crippen LogP contribution in [0.3, 0.4) is 0 Å². The molecule has 0 atom stereocenters. The van der Waals surface area contributed by atoms with Gasteiger partial charge in [-0.3, -0.25) is 0 Å². The fourth-order valence-corrected chi connectivity index (χ4v) is 2.02. The Morgan fingerprint density at radius 1 is 1.29 bits per heavy atom. The second kappa shape index (κ2) is 6.76. The zero-order valence-electron chi connectivity index (χ0n) is 12.8. The van der Waals surface area contributed by atoms with Gasteiger partial charge in [0.1, 0.15) is 17.3 Å². The molecule has 0 radical (unpaired) electrons. The first-order valence-corrected chi connectivity index (χ1v) is 7.41. The molecule has 0 amide bonds. The van der Waals surface area contributed by atoms with Crippen molar-refractivity contribution in [2.24, 2.45) is 0 Å². The van der Waals surface area contributed by atoms with Gasteiger partial charge in [-0.1, -0.05) is 19.9 Å². The van der Waals surface area contributed by atoms with Crippen LogP contribution in [0.25, 0.3) is 0 Å². The van der Waals surface area contributed by atoms with E-state index in [1.54, 1.807) is 6.20 Å². The van der Waals surface area contributed by atoms with Crippen LogP contribution in [0.5, 0.6) is 11.5 Å². The van der Waals surface area contributed by atoms with E-state index < -0.39 is 0 Å². The minimum Gasteiger partial charge on any atom is -0.454 e. The molecule has 0 aliphatic carbocycles. The van der Waals surface area contributed by atoms with Crippen LogP contribution in [0.1, 0.15) is 31.3 Å². The molecule has 0 aliphatic heterocycles. The fourth-order valence-electron chi connectivity index (χ4n) is 1.83. The maximum Gasteiger partial charge on any atom is 0.168 e. The minimum absolute atomic E-state index is 0.262. The van der Waals surface area contributed by atoms with E-state index in [9.17, 15) is 0 Å². The number of aromatic nitrogens is 2. The number of hydrogen-bond acceptors (Lipinski definition) is 4. The molecular formula is C16H20ClN3O. The molecule has 21 heavy (non-hydrogen) atoms. The molecule has 0 unspecified atom stereocenters. The average Bonchev–Trinajstić information content (AvgIpc) is 2.47. The number of alkyl halides is 1. The average molecular weight is 306 g/mol. The number of rotatable bonds is 5. The normalized spacial score (nSPS) is 10.8. The molecule has 0 spiro atoms. The monoisotopic (exact) mass is 305 g/mol. The minimum atomic E-state index is 0.262. The van der Waals surface area contributed by atoms with Crippen LogP contribution < -0.4 is 9.64 Å². The lowest BCUT2D eigenvalue weighted by Crippen LogP contribution is -2.08. The van der Waals surface area contributed by atoms with Crippen molar-refractivity contribution in [2.75, 3.05) is 19.0 Å². The third-order valence-corrected chi connectivity index (χ3v) is 3.31. The largest absolute Gasteiger partial charge is 0.454 e. The van der Waals surface area contributed by atoms with Crippen LogP contribution in [-0.4, -0.2) is 24.1 Å². The van der Waals surface area contributed by atoms with Crippen molar-refractivity contribution in [1.82, 2.24) is 9.97 Å². The summed E-state index contributed by atoms with van der Waals surface area (Å²) in [6.07, 6.45) is 1.70. The van der Waals surface area contributed by atoms with Gasteiger partial charge in [0.15, 0.2) is 5.75 Å². The van der Waals surface area contributed by atoms with E-state index in [0.29, 0.717) is 17.3 Å². The van der Waals surface area contributed by atoms with Crippen molar-refractivity contribution in [1.29, 1.82) is 0 Å². The molecule has 5 heteroatoms. The molecule has 112 valence electrons. The molecular weight excluding hydrogens is 286 g/mol. The predicted molar refractivity (Wildman–Crippen MR) is 86.5 cm³/mol. The first kappa shape index (κ1) is 15.6. The Balaban J connectivity index is 2.28. The molecule has 2 rings (SSSR count). The molecule has 0 fully saturated rings. The molecule has 2 aromatic rings. The Morgan fingerprint density at radius 3 is 2.67 bits per heavy atom. The maximum atomic E-state index is 5.98. The highest BCUT2D eigenvalue weighted by Gasteiger charge is 2.11. The maximum absolute atomic E-state index is 5.98. The highest BCUT2D eigenvalue weighted by atomic mass is 35.5. The second-order valence-electron chi connectivity index (χ2n) is 5.32. The third kappa shape index (κ3) is 3.85. The van der Waals surface area contributed by atoms with E-state index in [1.807, 2.05) is 43.3 Å². The summed E-state index contributed by atoms with van der Waals surface area (Å²) in [7, 11) is 3.98. The van der Waals surface area contributed by atoms with Gasteiger partial charge in [-0.05, 0) is 12.1 Å². The lowest BCUT2D eigenvalue weighted by molar-refractivity contribution is 0.470. The highest BCUT2D eigenvalue weighted by Crippen LogP contribution is 2.28. The van der Waals surface area contributed by atoms with Gasteiger partial charge in [0.2, 0.25) is 0 Å². The summed E-state index contributed by atoms with van der Waals surface area (Å²) < 4.78 is 5.89. The Morgan fingerprint density at radius 2 is 2.05 bits per heavy atom. The van der Waals surface area contributed by atoms with Gasteiger partial charge in [0.05, 0.1) is 12.1 Å². The molecule has 0 N–H and O–H groups in total. The summed E-state index contributed by atoms with van der Waals surface area (Å²) in [6, 6.07) is 7.85. The number of nitrogens with zero attached hydrogens (tertiary/aromatic N) is 3. The van der Waals surface area contributed by atoms with E-state index in [0.717, 1.165) is 17.3 Å². The molecule has 0 aliphatic rings. The van der Waals surface area contributed by atoms with Gasteiger partial charge in [-0.15, -0.1) is 11.6 Å². The molecule has 1 aromatic carbocycles. The quantitative estimate of drug-likeness (QED) is 0.776. The fraction of sp³-hybridized carbons (Fsp3) is 0.375. The number of hydrogen-bond donors (Lipinski definition) is 0. The van der Waals surface area contributed by atoms with Crippen molar-refractivity contribution in [2.45, 2.75) is 25.6 Å². The molecule has 0 saturated heterocycles. The van der Waals surface area contributed by atoms with Crippen LogP contribution in [-0.2, 0) is 5.88 Å². The topological polar surface area (TPSA) is 38.2 Å². The van der Waals surface area contributed by atoms with E-state index in [-0.39, 0.29) is 5.92 Å². The number of halogens is 1. The third-order valence-electron chi connectivity index (χ3n) is 3.05. The van der Waals surface area contributed by atoms with E-state index in [4.69, 9.17) is 16.3 Å². The zero-order chi connectivity index (χ0) is 15.4. The first-order chi connectivity index (χ1) is 10.0. The van der Waals surface area contributed by atoms with Crippen LogP contribution in [0.4, 0.5) is 5.69 Å². The number of anilines is 1. The molecule has 0 saturated carbocycles. The van der Waals surface area contributed by atoms with E-state index in [1.165, 1.54) is 0 Å². The molecule has 1 aromatic heterocycles. The highest BCUT2D eigenvalue weighted by molar-refractivity contribution is 6.17. The van der Waals surface area contributed by atoms with Gasteiger partial charge in [-0.25, -0.2) is 9.97 Å². The van der Waals surface area contributed by atoms with Gasteiger partial charge in [-0.2, -0.15) is 0 Å². The number of benzene rings is 1. The Labute approximate surface area is 130 Å². The van der Waals surface area contributed by atoms with Crippen LogP contribution in [0.2, 0.25) is 0 Å². The second-order valence-corrected chi connectivity index (χ2v) is 5.59. The summed E-state index contributed by atoms with van der Waals surface area (Å²) >= 11 is 5.98.